The van der Waals surface area contributed by atoms with Crippen LogP contribution in [0.4, 0.5) is 5.82 Å². The molecule has 0 aliphatic carbocycles. The van der Waals surface area contributed by atoms with E-state index in [2.05, 4.69) is 27.0 Å². The molecule has 3 nitrogen and oxygen atoms in total. The van der Waals surface area contributed by atoms with Crippen molar-refractivity contribution >= 4 is 33.1 Å². The van der Waals surface area contributed by atoms with Gasteiger partial charge in [0.1, 0.15) is 17.5 Å². The van der Waals surface area contributed by atoms with Gasteiger partial charge in [0.05, 0.1) is 0 Å². The van der Waals surface area contributed by atoms with Gasteiger partial charge >= 0.3 is 0 Å². The van der Waals surface area contributed by atoms with Gasteiger partial charge in [0.2, 0.25) is 0 Å². The lowest BCUT2D eigenvalue weighted by Gasteiger charge is -2.14. The molecule has 22 heavy (non-hydrogen) atoms. The average molecular weight is 370 g/mol. The van der Waals surface area contributed by atoms with Crippen molar-refractivity contribution in [3.63, 3.8) is 0 Å². The Morgan fingerprint density at radius 3 is 2.55 bits per heavy atom. The molecule has 2 heterocycles. The second-order valence-electron chi connectivity index (χ2n) is 4.81. The number of anilines is 1. The van der Waals surface area contributed by atoms with E-state index >= 15 is 0 Å². The number of benzene rings is 1. The highest BCUT2D eigenvalue weighted by atomic mass is 79.9. The molecule has 0 fully saturated rings. The van der Waals surface area contributed by atoms with E-state index in [9.17, 15) is 5.26 Å². The second kappa shape index (κ2) is 5.91. The lowest BCUT2D eigenvalue weighted by Crippen LogP contribution is -2.02. The number of nitriles is 1. The van der Waals surface area contributed by atoms with E-state index in [1.54, 1.807) is 11.3 Å². The molecule has 108 valence electrons. The summed E-state index contributed by atoms with van der Waals surface area (Å²) in [6, 6.07) is 14.2. The van der Waals surface area contributed by atoms with Crippen LogP contribution in [0.2, 0.25) is 0 Å². The van der Waals surface area contributed by atoms with Gasteiger partial charge in [0.15, 0.2) is 0 Å². The van der Waals surface area contributed by atoms with Gasteiger partial charge in [0.25, 0.3) is 0 Å². The monoisotopic (exact) mass is 369 g/mol. The van der Waals surface area contributed by atoms with E-state index in [1.165, 1.54) is 0 Å². The van der Waals surface area contributed by atoms with E-state index in [4.69, 9.17) is 5.73 Å². The predicted octanol–water partition coefficient (Wildman–Crippen LogP) is 5.00. The highest BCUT2D eigenvalue weighted by molar-refractivity contribution is 9.10. The Kier molecular flexibility index (Phi) is 3.97. The molecule has 2 aromatic heterocycles. The van der Waals surface area contributed by atoms with Crippen molar-refractivity contribution in [2.24, 2.45) is 0 Å². The number of hydrogen-bond acceptors (Lipinski definition) is 4. The molecule has 5 heteroatoms. The largest absolute Gasteiger partial charge is 0.383 e. The number of thiophene rings is 1. The molecule has 0 amide bonds. The number of pyridine rings is 1. The lowest BCUT2D eigenvalue weighted by atomic mass is 9.94. The molecular weight excluding hydrogens is 358 g/mol. The Bertz CT molecular complexity index is 879. The first-order chi connectivity index (χ1) is 10.6. The summed E-state index contributed by atoms with van der Waals surface area (Å²) in [5, 5.41) is 11.5. The molecular formula is C17H12BrN3S. The Morgan fingerprint density at radius 1 is 1.23 bits per heavy atom. The van der Waals surface area contributed by atoms with E-state index < -0.39 is 0 Å². The number of nitrogen functional groups attached to an aromatic ring is 1. The molecule has 0 saturated carbocycles. The van der Waals surface area contributed by atoms with Crippen molar-refractivity contribution in [2.45, 2.75) is 6.92 Å². The fourth-order valence-electron chi connectivity index (χ4n) is 2.49. The van der Waals surface area contributed by atoms with Crippen LogP contribution in [0.5, 0.6) is 0 Å². The third-order valence-electron chi connectivity index (χ3n) is 3.39. The first kappa shape index (κ1) is 14.8. The van der Waals surface area contributed by atoms with E-state index in [1.807, 2.05) is 48.7 Å². The van der Waals surface area contributed by atoms with Crippen LogP contribution < -0.4 is 5.73 Å². The minimum absolute atomic E-state index is 0.277. The topological polar surface area (TPSA) is 62.7 Å². The van der Waals surface area contributed by atoms with Crippen LogP contribution >= 0.6 is 27.3 Å². The van der Waals surface area contributed by atoms with E-state index in [0.29, 0.717) is 5.56 Å². The van der Waals surface area contributed by atoms with Gasteiger partial charge in [-0.3, -0.25) is 0 Å². The summed E-state index contributed by atoms with van der Waals surface area (Å²) in [5.41, 5.74) is 10.1. The summed E-state index contributed by atoms with van der Waals surface area (Å²) in [6.07, 6.45) is 0. The van der Waals surface area contributed by atoms with Crippen LogP contribution in [0.25, 0.3) is 21.6 Å². The van der Waals surface area contributed by atoms with E-state index in [0.717, 1.165) is 31.7 Å². The van der Waals surface area contributed by atoms with Crippen LogP contribution in [-0.2, 0) is 0 Å². The number of nitrogens with two attached hydrogens (primary N) is 1. The number of aryl methyl sites for hydroxylation is 1. The molecule has 0 aliphatic heterocycles. The first-order valence-electron chi connectivity index (χ1n) is 6.62. The van der Waals surface area contributed by atoms with Gasteiger partial charge in [-0.25, -0.2) is 4.98 Å². The molecule has 0 radical (unpaired) electrons. The Morgan fingerprint density at radius 2 is 1.95 bits per heavy atom. The molecule has 0 atom stereocenters. The van der Waals surface area contributed by atoms with Crippen LogP contribution in [-0.4, -0.2) is 4.98 Å². The number of aromatic nitrogens is 1. The average Bonchev–Trinajstić information content (AvgIpc) is 2.93. The number of rotatable bonds is 2. The zero-order valence-electron chi connectivity index (χ0n) is 11.8. The first-order valence-corrected chi connectivity index (χ1v) is 8.29. The number of nitrogens with zero attached hydrogens (tertiary/aromatic N) is 2. The third kappa shape index (κ3) is 2.52. The fraction of sp³-hybridized carbons (Fsp3) is 0.0588. The quantitative estimate of drug-likeness (QED) is 0.690. The molecule has 0 spiro atoms. The maximum absolute atomic E-state index is 9.55. The van der Waals surface area contributed by atoms with Crippen LogP contribution in [0.1, 0.15) is 11.3 Å². The summed E-state index contributed by atoms with van der Waals surface area (Å²) < 4.78 is 0.989. The highest BCUT2D eigenvalue weighted by Crippen LogP contribution is 2.41. The van der Waals surface area contributed by atoms with Gasteiger partial charge < -0.3 is 5.73 Å². The summed E-state index contributed by atoms with van der Waals surface area (Å²) >= 11 is 5.05. The third-order valence-corrected chi connectivity index (χ3v) is 5.10. The van der Waals surface area contributed by atoms with Crippen molar-refractivity contribution < 1.29 is 0 Å². The van der Waals surface area contributed by atoms with Crippen molar-refractivity contribution in [1.82, 2.24) is 4.98 Å². The zero-order chi connectivity index (χ0) is 15.7. The second-order valence-corrected chi connectivity index (χ2v) is 6.64. The molecule has 3 aromatic rings. The lowest BCUT2D eigenvalue weighted by molar-refractivity contribution is 1.20. The summed E-state index contributed by atoms with van der Waals surface area (Å²) in [7, 11) is 0. The molecule has 0 saturated heterocycles. The van der Waals surface area contributed by atoms with E-state index in [-0.39, 0.29) is 5.82 Å². The molecule has 0 bridgehead atoms. The highest BCUT2D eigenvalue weighted by Gasteiger charge is 2.20. The minimum atomic E-state index is 0.277. The molecule has 2 N–H and O–H groups in total. The SMILES string of the molecule is Cc1nc(N)c(C#N)c(-c2cc(Br)cs2)c1-c1ccccc1. The number of halogens is 1. The van der Waals surface area contributed by atoms with Crippen molar-refractivity contribution in [2.75, 3.05) is 5.73 Å². The van der Waals surface area contributed by atoms with Crippen molar-refractivity contribution in [1.29, 1.82) is 5.26 Å². The standard InChI is InChI=1S/C17H12BrN3S/c1-10-15(11-5-3-2-4-6-11)16(13(8-19)17(20)21-10)14-7-12(18)9-22-14/h2-7,9H,1H3,(H2,20,21). The van der Waals surface area contributed by atoms with Gasteiger partial charge in [-0.2, -0.15) is 5.26 Å². The van der Waals surface area contributed by atoms with Gasteiger partial charge in [-0.05, 0) is 34.5 Å². The maximum Gasteiger partial charge on any atom is 0.142 e. The van der Waals surface area contributed by atoms with Crippen LogP contribution in [0, 0.1) is 18.3 Å². The Balaban J connectivity index is 2.41. The molecule has 3 rings (SSSR count). The van der Waals surface area contributed by atoms with Crippen molar-refractivity contribution in [3.05, 3.63) is 57.5 Å². The zero-order valence-corrected chi connectivity index (χ0v) is 14.2. The minimum Gasteiger partial charge on any atom is -0.383 e. The normalized spacial score (nSPS) is 10.4. The van der Waals surface area contributed by atoms with Crippen LogP contribution in [0.3, 0.4) is 0 Å². The summed E-state index contributed by atoms with van der Waals surface area (Å²) in [6.45, 7) is 1.92. The van der Waals surface area contributed by atoms with Crippen LogP contribution in [0.15, 0.2) is 46.3 Å². The predicted molar refractivity (Wildman–Crippen MR) is 94.6 cm³/mol. The smallest absolute Gasteiger partial charge is 0.142 e. The number of hydrogen-bond donors (Lipinski definition) is 1. The molecule has 1 aromatic carbocycles. The van der Waals surface area contributed by atoms with Gasteiger partial charge in [-0.1, -0.05) is 30.3 Å². The Labute approximate surface area is 141 Å². The molecule has 0 unspecified atom stereocenters. The Hall–Kier alpha value is -2.16. The van der Waals surface area contributed by atoms with Crippen molar-refractivity contribution in [3.8, 4) is 27.6 Å². The fourth-order valence-corrected chi connectivity index (χ4v) is 3.97. The van der Waals surface area contributed by atoms with Gasteiger partial charge in [0, 0.05) is 31.6 Å². The maximum atomic E-state index is 9.55. The molecule has 0 aliphatic rings. The summed E-state index contributed by atoms with van der Waals surface area (Å²) in [4.78, 5) is 5.36. The van der Waals surface area contributed by atoms with Gasteiger partial charge in [-0.15, -0.1) is 11.3 Å². The summed E-state index contributed by atoms with van der Waals surface area (Å²) in [5.74, 6) is 0.277.